The van der Waals surface area contributed by atoms with Gasteiger partial charge in [0.1, 0.15) is 31.1 Å². The molecule has 3 aliphatic heterocycles. The van der Waals surface area contributed by atoms with E-state index in [1.165, 1.54) is 0 Å². The fourth-order valence-electron chi connectivity index (χ4n) is 14.9. The van der Waals surface area contributed by atoms with Crippen molar-refractivity contribution in [2.45, 2.75) is 0 Å². The molecule has 0 radical (unpaired) electrons. The minimum absolute atomic E-state index is 0.787. The molecule has 0 aliphatic carbocycles. The second-order valence-electron chi connectivity index (χ2n) is 25.9. The third kappa shape index (κ3) is 9.67. The average Bonchev–Trinajstić information content (AvgIpc) is 1.52. The predicted molar refractivity (Wildman–Crippen MR) is 435 cm³/mol. The zero-order chi connectivity index (χ0) is 69.5. The lowest BCUT2D eigenvalue weighted by atomic mass is 10.1. The van der Waals surface area contributed by atoms with Crippen molar-refractivity contribution in [3.05, 3.63) is 315 Å². The first-order chi connectivity index (χ1) is 52.5. The van der Waals surface area contributed by atoms with Crippen LogP contribution in [-0.2, 0) is 0 Å². The van der Waals surface area contributed by atoms with E-state index < -0.39 is 0 Å². The Labute approximate surface area is 621 Å². The molecule has 106 heavy (non-hydrogen) atoms. The van der Waals surface area contributed by atoms with E-state index in [0.717, 1.165) is 202 Å². The van der Waals surface area contributed by atoms with E-state index >= 15 is 0 Å². The van der Waals surface area contributed by atoms with Crippen LogP contribution in [0, 0.1) is 0 Å². The van der Waals surface area contributed by atoms with Gasteiger partial charge in [0.05, 0.1) is 97.4 Å². The van der Waals surface area contributed by atoms with Gasteiger partial charge in [-0.1, -0.05) is 158 Å². The first-order valence-corrected chi connectivity index (χ1v) is 38.0. The number of fused-ring (bicyclic) bond motifs is 15. The Morgan fingerprint density at radius 1 is 0.255 bits per heavy atom. The summed E-state index contributed by atoms with van der Waals surface area (Å²) in [6.45, 7) is 0. The van der Waals surface area contributed by atoms with Gasteiger partial charge in [-0.05, 0) is 158 Å². The number of nitrogens with zero attached hydrogens (tertiary/aromatic N) is 10. The SMILES string of the molecule is c1ccc(-c2nc3c(-n4c5ccccc5n5c6ccccc6nc45)c4sc(-c5ccccc5)nc4c(N4c5ccccc5Oc5ccccc54)c3s2)cc1.c1ccc2c(c1)Oc1ccccc1N2c1ccc(-c2nc3cc4sc(-c5ccc(N6c7ccccc7Oc7ccccc76)cc5)nc4cc3s2)cc1. The molecule has 0 bridgehead atoms. The second kappa shape index (κ2) is 24.2. The van der Waals surface area contributed by atoms with E-state index in [4.69, 9.17) is 39.1 Å². The van der Waals surface area contributed by atoms with Gasteiger partial charge in [-0.3, -0.25) is 13.9 Å². The second-order valence-corrected chi connectivity index (χ2v) is 30.0. The molecule has 0 amide bonds. The summed E-state index contributed by atoms with van der Waals surface area (Å²) in [5.41, 5.74) is 22.2. The fourth-order valence-corrected chi connectivity index (χ4v) is 19.1. The quantitative estimate of drug-likeness (QED) is 0.145. The van der Waals surface area contributed by atoms with Crippen LogP contribution in [0.4, 0.5) is 51.2 Å². The maximum atomic E-state index is 6.52. The maximum Gasteiger partial charge on any atom is 0.220 e. The summed E-state index contributed by atoms with van der Waals surface area (Å²) in [5, 5.41) is 3.85. The van der Waals surface area contributed by atoms with Crippen molar-refractivity contribution in [1.82, 2.24) is 33.9 Å². The highest BCUT2D eigenvalue weighted by atomic mass is 32.1. The molecule has 17 heteroatoms. The minimum atomic E-state index is 0.787. The molecule has 0 saturated heterocycles. The number of anilines is 9. The van der Waals surface area contributed by atoms with Crippen LogP contribution in [0.1, 0.15) is 0 Å². The number of rotatable bonds is 8. The summed E-state index contributed by atoms with van der Waals surface area (Å²) >= 11 is 6.79. The van der Waals surface area contributed by atoms with Gasteiger partial charge in [-0.15, -0.1) is 45.3 Å². The third-order valence-electron chi connectivity index (χ3n) is 19.7. The van der Waals surface area contributed by atoms with E-state index in [1.54, 1.807) is 45.3 Å². The Hall–Kier alpha value is -13.3. The standard InChI is InChI=1S/C45H26N6OS2.C44H26N4O2S2/c1-3-15-27(16-4-1)43-47-37-39(49-33-23-11-13-25-35(33)52-36-26-14-12-24-34(36)49)41-38(48-44(53-41)28-17-5-2-6-18-28)40(42(37)54-43)51-32-22-10-9-21-31(32)50-30-20-8-7-19-29(30)46-45(50)51;1-5-13-37-33(9-1)47(34-10-2-6-14-38(34)49-37)29-21-17-27(18-22-29)43-45-31-25-42-32(26-41(31)51-43)46-44(52-42)28-19-23-30(24-20-28)48-35-11-3-7-15-39(35)50-40-16-8-4-12-36(40)48/h1-26H;1-26H. The van der Waals surface area contributed by atoms with Gasteiger partial charge in [-0.2, -0.15) is 0 Å². The van der Waals surface area contributed by atoms with Gasteiger partial charge in [0.25, 0.3) is 0 Å². The molecule has 14 aromatic carbocycles. The van der Waals surface area contributed by atoms with E-state index in [9.17, 15) is 0 Å². The lowest BCUT2D eigenvalue weighted by Crippen LogP contribution is -2.16. The Bertz CT molecular complexity index is 6450. The third-order valence-corrected chi connectivity index (χ3v) is 24.0. The first-order valence-electron chi connectivity index (χ1n) is 34.7. The molecular weight excluding hydrogens is 1390 g/mol. The van der Waals surface area contributed by atoms with Gasteiger partial charge >= 0.3 is 0 Å². The van der Waals surface area contributed by atoms with Crippen molar-refractivity contribution in [2.75, 3.05) is 14.7 Å². The van der Waals surface area contributed by atoms with Gasteiger partial charge < -0.3 is 24.0 Å². The van der Waals surface area contributed by atoms with Gasteiger partial charge in [0, 0.05) is 33.6 Å². The van der Waals surface area contributed by atoms with Crippen LogP contribution < -0.4 is 28.9 Å². The average molecular weight is 1440 g/mol. The molecule has 13 nitrogen and oxygen atoms in total. The molecule has 0 unspecified atom stereocenters. The topological polar surface area (TPSA) is 111 Å². The van der Waals surface area contributed by atoms with Crippen molar-refractivity contribution in [3.8, 4) is 82.5 Å². The van der Waals surface area contributed by atoms with Crippen LogP contribution in [0.15, 0.2) is 315 Å². The van der Waals surface area contributed by atoms with Crippen molar-refractivity contribution >= 4 is 165 Å². The summed E-state index contributed by atoms with van der Waals surface area (Å²) in [7, 11) is 0. The van der Waals surface area contributed by atoms with Crippen molar-refractivity contribution < 1.29 is 14.2 Å². The largest absolute Gasteiger partial charge is 0.453 e. The molecule has 0 saturated carbocycles. The summed E-state index contributed by atoms with van der Waals surface area (Å²) in [4.78, 5) is 33.5. The molecule has 3 aliphatic rings. The molecule has 6 aromatic heterocycles. The number of aromatic nitrogens is 7. The van der Waals surface area contributed by atoms with Gasteiger partial charge in [0.2, 0.25) is 5.78 Å². The van der Waals surface area contributed by atoms with Crippen LogP contribution in [0.25, 0.3) is 117 Å². The summed E-state index contributed by atoms with van der Waals surface area (Å²) in [5.74, 6) is 5.78. The Morgan fingerprint density at radius 2 is 0.594 bits per heavy atom. The minimum Gasteiger partial charge on any atom is -0.453 e. The Balaban J connectivity index is 0.000000132. The lowest BCUT2D eigenvalue weighted by molar-refractivity contribution is 0.477. The van der Waals surface area contributed by atoms with Gasteiger partial charge in [-0.25, -0.2) is 24.9 Å². The zero-order valence-electron chi connectivity index (χ0n) is 55.9. The molecule has 0 spiro atoms. The van der Waals surface area contributed by atoms with Crippen LogP contribution in [-0.4, -0.2) is 33.9 Å². The van der Waals surface area contributed by atoms with Crippen LogP contribution in [0.3, 0.4) is 0 Å². The fraction of sp³-hybridized carbons (Fsp3) is 0. The number of thiazole rings is 4. The van der Waals surface area contributed by atoms with E-state index in [1.807, 2.05) is 115 Å². The maximum absolute atomic E-state index is 6.52. The highest BCUT2D eigenvalue weighted by Gasteiger charge is 2.35. The molecule has 0 atom stereocenters. The normalized spacial score (nSPS) is 12.7. The molecule has 0 N–H and O–H groups in total. The molecule has 23 rings (SSSR count). The number of para-hydroxylation sites is 16. The number of imidazole rings is 2. The Morgan fingerprint density at radius 3 is 1.04 bits per heavy atom. The van der Waals surface area contributed by atoms with Crippen LogP contribution in [0.2, 0.25) is 0 Å². The number of hydrogen-bond acceptors (Lipinski definition) is 15. The highest BCUT2D eigenvalue weighted by Crippen LogP contribution is 2.58. The molecular formula is C89H52N10O3S4. The van der Waals surface area contributed by atoms with Crippen LogP contribution >= 0.6 is 45.3 Å². The van der Waals surface area contributed by atoms with Gasteiger partial charge in [0.15, 0.2) is 34.5 Å². The summed E-state index contributed by atoms with van der Waals surface area (Å²) < 4.78 is 27.8. The van der Waals surface area contributed by atoms with E-state index in [0.29, 0.717) is 0 Å². The van der Waals surface area contributed by atoms with Crippen molar-refractivity contribution in [3.63, 3.8) is 0 Å². The zero-order valence-corrected chi connectivity index (χ0v) is 59.1. The Kier molecular flexibility index (Phi) is 13.7. The summed E-state index contributed by atoms with van der Waals surface area (Å²) in [6.07, 6.45) is 0. The molecule has 9 heterocycles. The van der Waals surface area contributed by atoms with E-state index in [-0.39, 0.29) is 0 Å². The van der Waals surface area contributed by atoms with Crippen molar-refractivity contribution in [2.24, 2.45) is 0 Å². The number of ether oxygens (including phenoxy) is 3. The summed E-state index contributed by atoms with van der Waals surface area (Å²) in [6, 6.07) is 109. The van der Waals surface area contributed by atoms with Crippen LogP contribution in [0.5, 0.6) is 34.5 Å². The number of benzene rings is 14. The van der Waals surface area contributed by atoms with Crippen molar-refractivity contribution in [1.29, 1.82) is 0 Å². The highest BCUT2D eigenvalue weighted by molar-refractivity contribution is 7.24. The molecule has 0 fully saturated rings. The lowest BCUT2D eigenvalue weighted by Gasteiger charge is -2.33. The molecule has 500 valence electrons. The van der Waals surface area contributed by atoms with E-state index in [2.05, 4.69) is 224 Å². The first kappa shape index (κ1) is 60.3. The monoisotopic (exact) mass is 1440 g/mol. The predicted octanol–water partition coefficient (Wildman–Crippen LogP) is 26.0. The smallest absolute Gasteiger partial charge is 0.220 e. The number of hydrogen-bond donors (Lipinski definition) is 0. The molecule has 20 aromatic rings.